The molecule has 0 saturated carbocycles. The van der Waals surface area contributed by atoms with Crippen LogP contribution in [0, 0.1) is 0 Å². The average molecular weight is 348 g/mol. The number of fused-ring (bicyclic) bond motifs is 1. The Labute approximate surface area is 143 Å². The number of hydrogen-bond donors (Lipinski definition) is 1. The third-order valence-electron chi connectivity index (χ3n) is 3.76. The summed E-state index contributed by atoms with van der Waals surface area (Å²) in [5.41, 5.74) is 2.34. The van der Waals surface area contributed by atoms with E-state index in [0.29, 0.717) is 22.0 Å². The molecule has 0 aliphatic carbocycles. The van der Waals surface area contributed by atoms with E-state index in [1.54, 1.807) is 28.8 Å². The highest BCUT2D eigenvalue weighted by molar-refractivity contribution is 6.31. The van der Waals surface area contributed by atoms with E-state index >= 15 is 0 Å². The lowest BCUT2D eigenvalue weighted by atomic mass is 10.0. The Morgan fingerprint density at radius 2 is 1.65 bits per heavy atom. The van der Waals surface area contributed by atoms with Gasteiger partial charge in [0.2, 0.25) is 0 Å². The topological polar surface area (TPSA) is 42.2 Å². The molecular weight excluding hydrogens is 333 g/mol. The number of halogens is 2. The van der Waals surface area contributed by atoms with Crippen LogP contribution in [-0.4, -0.2) is 16.3 Å². The number of benzene rings is 2. The van der Waals surface area contributed by atoms with Gasteiger partial charge in [-0.15, -0.1) is 0 Å². The molecule has 0 aliphatic heterocycles. The van der Waals surface area contributed by atoms with Crippen LogP contribution < -0.4 is 5.56 Å². The molecule has 3 rings (SSSR count). The van der Waals surface area contributed by atoms with Gasteiger partial charge in [-0.05, 0) is 42.0 Å². The van der Waals surface area contributed by atoms with Crippen molar-refractivity contribution in [3.05, 3.63) is 80.1 Å². The zero-order valence-corrected chi connectivity index (χ0v) is 13.8. The number of hydrogen-bond acceptors (Lipinski definition) is 2. The van der Waals surface area contributed by atoms with Crippen LogP contribution >= 0.6 is 23.2 Å². The Bertz CT molecular complexity index is 901. The lowest BCUT2D eigenvalue weighted by molar-refractivity contribution is 0.276. The molecule has 3 aromatic rings. The van der Waals surface area contributed by atoms with Gasteiger partial charge in [0, 0.05) is 34.0 Å². The van der Waals surface area contributed by atoms with Crippen molar-refractivity contribution in [3.63, 3.8) is 0 Å². The number of pyridine rings is 1. The van der Waals surface area contributed by atoms with Crippen molar-refractivity contribution in [2.45, 2.75) is 13.0 Å². The van der Waals surface area contributed by atoms with E-state index in [1.807, 2.05) is 24.3 Å². The summed E-state index contributed by atoms with van der Waals surface area (Å²) >= 11 is 12.0. The largest absolute Gasteiger partial charge is 0.395 e. The molecule has 0 bridgehead atoms. The predicted molar refractivity (Wildman–Crippen MR) is 94.6 cm³/mol. The Morgan fingerprint density at radius 1 is 0.957 bits per heavy atom. The van der Waals surface area contributed by atoms with Crippen LogP contribution in [0.1, 0.15) is 11.1 Å². The van der Waals surface area contributed by atoms with Crippen LogP contribution in [0.5, 0.6) is 0 Å². The smallest absolute Gasteiger partial charge is 0.254 e. The van der Waals surface area contributed by atoms with Gasteiger partial charge >= 0.3 is 0 Å². The van der Waals surface area contributed by atoms with Gasteiger partial charge in [-0.3, -0.25) is 4.79 Å². The molecule has 0 radical (unpaired) electrons. The van der Waals surface area contributed by atoms with Gasteiger partial charge in [0.1, 0.15) is 0 Å². The van der Waals surface area contributed by atoms with E-state index in [1.165, 1.54) is 0 Å². The minimum Gasteiger partial charge on any atom is -0.395 e. The molecule has 118 valence electrons. The lowest BCUT2D eigenvalue weighted by Crippen LogP contribution is -2.25. The molecule has 1 aromatic heterocycles. The fourth-order valence-electron chi connectivity index (χ4n) is 2.69. The van der Waals surface area contributed by atoms with Crippen molar-refractivity contribution < 1.29 is 5.11 Å². The van der Waals surface area contributed by atoms with E-state index in [-0.39, 0.29) is 18.7 Å². The molecule has 1 heterocycles. The highest BCUT2D eigenvalue weighted by atomic mass is 35.5. The molecule has 23 heavy (non-hydrogen) atoms. The molecule has 2 aromatic carbocycles. The first-order chi connectivity index (χ1) is 11.1. The maximum absolute atomic E-state index is 12.7. The maximum atomic E-state index is 12.7. The van der Waals surface area contributed by atoms with Crippen LogP contribution in [0.25, 0.3) is 10.9 Å². The van der Waals surface area contributed by atoms with Gasteiger partial charge in [-0.1, -0.05) is 35.3 Å². The molecule has 3 nitrogen and oxygen atoms in total. The summed E-state index contributed by atoms with van der Waals surface area (Å²) in [4.78, 5) is 12.7. The second kappa shape index (κ2) is 6.75. The number of nitrogens with zero attached hydrogens (tertiary/aromatic N) is 1. The molecule has 0 amide bonds. The van der Waals surface area contributed by atoms with Crippen molar-refractivity contribution in [1.29, 1.82) is 0 Å². The van der Waals surface area contributed by atoms with E-state index in [4.69, 9.17) is 23.2 Å². The van der Waals surface area contributed by atoms with Crippen LogP contribution in [0.2, 0.25) is 10.0 Å². The minimum absolute atomic E-state index is 0.0937. The second-order valence-electron chi connectivity index (χ2n) is 5.36. The van der Waals surface area contributed by atoms with Gasteiger partial charge < -0.3 is 9.67 Å². The van der Waals surface area contributed by atoms with Crippen LogP contribution in [-0.2, 0) is 13.0 Å². The Balaban J connectivity index is 2.14. The zero-order valence-electron chi connectivity index (χ0n) is 12.3. The first kappa shape index (κ1) is 16.1. The highest BCUT2D eigenvalue weighted by Gasteiger charge is 2.10. The SMILES string of the molecule is O=c1c(Cc2ccc(Cl)cc2)cc2cc(Cl)ccc2n1CCO. The predicted octanol–water partition coefficient (Wildman–Crippen LogP) is 3.89. The van der Waals surface area contributed by atoms with Crippen LogP contribution in [0.3, 0.4) is 0 Å². The summed E-state index contributed by atoms with van der Waals surface area (Å²) in [7, 11) is 0. The minimum atomic E-state index is -0.0952. The lowest BCUT2D eigenvalue weighted by Gasteiger charge is -2.12. The Morgan fingerprint density at radius 3 is 2.35 bits per heavy atom. The third-order valence-corrected chi connectivity index (χ3v) is 4.25. The summed E-state index contributed by atoms with van der Waals surface area (Å²) in [6.07, 6.45) is 0.504. The van der Waals surface area contributed by atoms with Gasteiger partial charge in [0.15, 0.2) is 0 Å². The molecule has 0 atom stereocenters. The van der Waals surface area contributed by atoms with Gasteiger partial charge in [0.05, 0.1) is 12.1 Å². The maximum Gasteiger partial charge on any atom is 0.254 e. The van der Waals surface area contributed by atoms with E-state index in [9.17, 15) is 9.90 Å². The summed E-state index contributed by atoms with van der Waals surface area (Å²) in [5, 5.41) is 11.4. The molecule has 0 spiro atoms. The molecule has 0 saturated heterocycles. The zero-order chi connectivity index (χ0) is 16.4. The summed E-state index contributed by atoms with van der Waals surface area (Å²) in [6.45, 7) is 0.160. The number of aromatic nitrogens is 1. The second-order valence-corrected chi connectivity index (χ2v) is 6.23. The van der Waals surface area contributed by atoms with Gasteiger partial charge in [-0.2, -0.15) is 0 Å². The van der Waals surface area contributed by atoms with E-state index < -0.39 is 0 Å². The number of aliphatic hydroxyl groups excluding tert-OH is 1. The first-order valence-electron chi connectivity index (χ1n) is 7.26. The van der Waals surface area contributed by atoms with Crippen molar-refractivity contribution in [3.8, 4) is 0 Å². The summed E-state index contributed by atoms with van der Waals surface area (Å²) in [6, 6.07) is 14.7. The number of rotatable bonds is 4. The fraction of sp³-hybridized carbons (Fsp3) is 0.167. The summed E-state index contributed by atoms with van der Waals surface area (Å²) in [5.74, 6) is 0. The molecule has 0 fully saturated rings. The molecule has 0 aliphatic rings. The molecule has 1 N–H and O–H groups in total. The van der Waals surface area contributed by atoms with Crippen LogP contribution in [0.15, 0.2) is 53.3 Å². The van der Waals surface area contributed by atoms with Gasteiger partial charge in [0.25, 0.3) is 5.56 Å². The highest BCUT2D eigenvalue weighted by Crippen LogP contribution is 2.20. The Hall–Kier alpha value is -1.81. The van der Waals surface area contributed by atoms with E-state index in [0.717, 1.165) is 16.5 Å². The molecule has 5 heteroatoms. The van der Waals surface area contributed by atoms with Crippen molar-refractivity contribution in [2.24, 2.45) is 0 Å². The van der Waals surface area contributed by atoms with Crippen molar-refractivity contribution in [1.82, 2.24) is 4.57 Å². The third kappa shape index (κ3) is 3.42. The van der Waals surface area contributed by atoms with E-state index in [2.05, 4.69) is 0 Å². The van der Waals surface area contributed by atoms with Gasteiger partial charge in [-0.25, -0.2) is 0 Å². The van der Waals surface area contributed by atoms with Crippen LogP contribution in [0.4, 0.5) is 0 Å². The Kier molecular flexibility index (Phi) is 4.71. The quantitative estimate of drug-likeness (QED) is 0.777. The summed E-state index contributed by atoms with van der Waals surface area (Å²) < 4.78 is 1.59. The first-order valence-corrected chi connectivity index (χ1v) is 8.01. The monoisotopic (exact) mass is 347 g/mol. The number of aliphatic hydroxyl groups is 1. The fourth-order valence-corrected chi connectivity index (χ4v) is 3.00. The average Bonchev–Trinajstić information content (AvgIpc) is 2.53. The standard InChI is InChI=1S/C18H15Cl2NO2/c19-15-3-1-12(2-4-15)9-14-10-13-11-16(20)5-6-17(13)21(7-8-22)18(14)23/h1-6,10-11,22H,7-9H2. The molecular formula is C18H15Cl2NO2. The molecule has 0 unspecified atom stereocenters. The normalized spacial score (nSPS) is 11.1. The van der Waals surface area contributed by atoms with Crippen molar-refractivity contribution >= 4 is 34.1 Å². The van der Waals surface area contributed by atoms with Crippen molar-refractivity contribution in [2.75, 3.05) is 6.61 Å².